The number of nitrogens with zero attached hydrogens (tertiary/aromatic N) is 1. The third-order valence-corrected chi connectivity index (χ3v) is 17.5. The van der Waals surface area contributed by atoms with Crippen LogP contribution in [0.15, 0.2) is 299 Å². The molecule has 9 aromatic carbocycles. The van der Waals surface area contributed by atoms with Gasteiger partial charge in [-0.15, -0.1) is 5.06 Å². The molecule has 1 heterocycles. The number of hydroxylamine groups is 2. The van der Waals surface area contributed by atoms with Gasteiger partial charge in [-0.05, 0) is 116 Å². The fourth-order valence-corrected chi connectivity index (χ4v) is 14.0. The maximum atomic E-state index is 12.2. The van der Waals surface area contributed by atoms with E-state index in [1.165, 1.54) is 29.4 Å². The van der Waals surface area contributed by atoms with E-state index in [-0.39, 0.29) is 50.0 Å². The van der Waals surface area contributed by atoms with E-state index in [4.69, 9.17) is 4.84 Å². The van der Waals surface area contributed by atoms with Crippen LogP contribution in [0.1, 0.15) is 137 Å². The molecule has 9 aromatic rings. The van der Waals surface area contributed by atoms with Gasteiger partial charge in [0, 0.05) is 6.54 Å². The second kappa shape index (κ2) is 55.9. The van der Waals surface area contributed by atoms with Crippen molar-refractivity contribution in [3.63, 3.8) is 0 Å². The predicted molar refractivity (Wildman–Crippen MR) is 378 cm³/mol. The number of aromatic hydroxyl groups is 1. The fourth-order valence-electron chi connectivity index (χ4n) is 7.59. The summed E-state index contributed by atoms with van der Waals surface area (Å²) in [5.74, 6) is 1.27. The number of rotatable bonds is 12. The average Bonchev–Trinajstić information content (AvgIpc) is 3.18. The molecule has 466 valence electrons. The van der Waals surface area contributed by atoms with Gasteiger partial charge in [-0.2, -0.15) is 0 Å². The number of phenols is 1. The van der Waals surface area contributed by atoms with E-state index in [2.05, 4.69) is 109 Å². The Labute approximate surface area is 532 Å². The van der Waals surface area contributed by atoms with Crippen molar-refractivity contribution < 1.29 is 25.3 Å². The molecule has 9 heteroatoms. The highest BCUT2D eigenvalue weighted by atomic mass is 32.2. The standard InChI is InChI=1S/C23H22NO2S.2C18H14OS.9C2H6.H2O/c25-18-19-10-9-17-24(19)26-22-15-7-8-16-23(22)27(20-11-3-1-4-12-20)21-13-5-2-6-14-21;2*19-17-13-7-8-14-18(17)20(15-9-3-1-4-10-15)16-11-5-2-6-12-16;9*1-2;/h1-8,11-16,18-19H,9-10,17H2;2*1-14H;9*1-2H3;1H2/q+1;;;;;;;;;;;;/p+1/t19-;;;;;;;;;;;;/m0............/s1. The van der Waals surface area contributed by atoms with Crippen molar-refractivity contribution in [3.05, 3.63) is 255 Å². The molecule has 0 saturated carbocycles. The van der Waals surface area contributed by atoms with Crippen molar-refractivity contribution in [3.8, 4) is 17.2 Å². The number of carbonyl (C=O) groups is 1. The molecule has 1 fully saturated rings. The van der Waals surface area contributed by atoms with Gasteiger partial charge in [0.05, 0.1) is 10.9 Å². The first-order valence-corrected chi connectivity index (χ1v) is 34.8. The van der Waals surface area contributed by atoms with Gasteiger partial charge in [0.2, 0.25) is 15.5 Å². The molecule has 1 atom stereocenters. The summed E-state index contributed by atoms with van der Waals surface area (Å²) < 4.78 is 0. The highest BCUT2D eigenvalue weighted by Gasteiger charge is 2.35. The SMILES string of the molecule is CC.CC.CC.CC.CC.CC.CC.CC.CC.O.O=C[C@@H]1CCCN1Oc1ccccc1[S+](c1ccccc1)c1ccccc1.Oc1ccccc1[S+](c1ccccc1)c1ccccc1.[O-]c1ccccc1[S+](c1ccccc1)c1ccccc1. The van der Waals surface area contributed by atoms with Crippen molar-refractivity contribution in [1.82, 2.24) is 5.06 Å². The molecule has 1 aliphatic rings. The average molecular weight is 1220 g/mol. The molecular weight excluding hydrogens is 1120 g/mol. The van der Waals surface area contributed by atoms with Crippen LogP contribution >= 0.6 is 0 Å². The maximum absolute atomic E-state index is 12.2. The lowest BCUT2D eigenvalue weighted by Gasteiger charge is -2.21. The van der Waals surface area contributed by atoms with Crippen LogP contribution in [0.25, 0.3) is 0 Å². The minimum absolute atomic E-state index is 0. The predicted octanol–water partition coefficient (Wildman–Crippen LogP) is 21.5. The Hall–Kier alpha value is -6.98. The van der Waals surface area contributed by atoms with E-state index in [0.717, 1.165) is 46.1 Å². The summed E-state index contributed by atoms with van der Waals surface area (Å²) >= 11 is 0. The van der Waals surface area contributed by atoms with Crippen molar-refractivity contribution >= 4 is 39.0 Å². The fraction of sp³-hybridized carbons (Fsp3) is 0.286. The quantitative estimate of drug-likeness (QED) is 0.0969. The Morgan fingerprint density at radius 2 is 0.628 bits per heavy atom. The zero-order valence-corrected chi connectivity index (χ0v) is 57.8. The van der Waals surface area contributed by atoms with Crippen LogP contribution in [0.2, 0.25) is 0 Å². The first-order valence-electron chi connectivity index (χ1n) is 31.1. The lowest BCUT2D eigenvalue weighted by Crippen LogP contribution is -2.34. The topological polar surface area (TPSA) is 104 Å². The number of benzene rings is 9. The number of phenolic OH excluding ortho intramolecular Hbond substituents is 1. The summed E-state index contributed by atoms with van der Waals surface area (Å²) in [6.07, 6.45) is 2.83. The molecule has 0 radical (unpaired) electrons. The molecule has 86 heavy (non-hydrogen) atoms. The number of hydrogen-bond acceptors (Lipinski definition) is 5. The normalized spacial score (nSPS) is 11.0. The van der Waals surface area contributed by atoms with Gasteiger partial charge in [-0.3, -0.25) is 0 Å². The highest BCUT2D eigenvalue weighted by molar-refractivity contribution is 7.97. The van der Waals surface area contributed by atoms with Crippen molar-refractivity contribution in [2.24, 2.45) is 0 Å². The van der Waals surface area contributed by atoms with Gasteiger partial charge < -0.3 is 25.3 Å². The summed E-state index contributed by atoms with van der Waals surface area (Å²) in [4.78, 5) is 27.8. The molecule has 3 N–H and O–H groups in total. The van der Waals surface area contributed by atoms with Crippen molar-refractivity contribution in [2.45, 2.75) is 188 Å². The number of carbonyl (C=O) groups excluding carboxylic acids is 1. The minimum Gasteiger partial charge on any atom is -0.869 e. The van der Waals surface area contributed by atoms with Gasteiger partial charge in [0.1, 0.15) is 34.1 Å². The Morgan fingerprint density at radius 3 is 0.942 bits per heavy atom. The molecule has 1 saturated heterocycles. The molecule has 0 unspecified atom stereocenters. The minimum atomic E-state index is -0.339. The van der Waals surface area contributed by atoms with Gasteiger partial charge >= 0.3 is 0 Å². The maximum Gasteiger partial charge on any atom is 0.210 e. The van der Waals surface area contributed by atoms with Crippen LogP contribution in [0, 0.1) is 0 Å². The van der Waals surface area contributed by atoms with E-state index in [1.807, 2.05) is 257 Å². The number of aldehydes is 1. The number of hydrogen-bond donors (Lipinski definition) is 1. The summed E-state index contributed by atoms with van der Waals surface area (Å²) in [6.45, 7) is 36.8. The van der Waals surface area contributed by atoms with Crippen LogP contribution in [0.4, 0.5) is 0 Å². The van der Waals surface area contributed by atoms with Gasteiger partial charge in [-0.25, -0.2) is 0 Å². The molecule has 1 aliphatic heterocycles. The molecule has 10 rings (SSSR count). The summed E-state index contributed by atoms with van der Waals surface area (Å²) in [7, 11) is -0.894. The first-order chi connectivity index (χ1) is 42.1. The monoisotopic (exact) mass is 1220 g/mol. The van der Waals surface area contributed by atoms with E-state index in [1.54, 1.807) is 18.2 Å². The van der Waals surface area contributed by atoms with Crippen LogP contribution < -0.4 is 9.94 Å². The Bertz CT molecular complexity index is 2640. The van der Waals surface area contributed by atoms with E-state index in [9.17, 15) is 15.0 Å². The zero-order chi connectivity index (χ0) is 64.0. The summed E-state index contributed by atoms with van der Waals surface area (Å²) in [5.41, 5.74) is 0. The Balaban J connectivity index is -0.00000106. The summed E-state index contributed by atoms with van der Waals surface area (Å²) in [5, 5.41) is 24.2. The lowest BCUT2D eigenvalue weighted by molar-refractivity contribution is -0.272. The second-order valence-electron chi connectivity index (χ2n) is 15.2. The van der Waals surface area contributed by atoms with E-state index in [0.29, 0.717) is 5.75 Å². The molecule has 0 aliphatic carbocycles. The van der Waals surface area contributed by atoms with Crippen molar-refractivity contribution in [1.29, 1.82) is 0 Å². The molecule has 0 bridgehead atoms. The highest BCUT2D eigenvalue weighted by Crippen LogP contribution is 2.39. The Kier molecular flexibility index (Phi) is 54.1. The molecule has 0 aromatic heterocycles. The molecule has 0 spiro atoms. The van der Waals surface area contributed by atoms with Crippen molar-refractivity contribution in [2.75, 3.05) is 6.54 Å². The van der Waals surface area contributed by atoms with Crippen LogP contribution in [-0.4, -0.2) is 34.5 Å². The Morgan fingerprint density at radius 1 is 0.372 bits per heavy atom. The molecule has 0 amide bonds. The van der Waals surface area contributed by atoms with Gasteiger partial charge in [0.25, 0.3) is 0 Å². The van der Waals surface area contributed by atoms with Gasteiger partial charge in [0.15, 0.2) is 40.0 Å². The smallest absolute Gasteiger partial charge is 0.210 e. The molecular formula is C77H107NO5S3+2. The number of para-hydroxylation sites is 3. The third-order valence-electron chi connectivity index (χ3n) is 10.7. The summed E-state index contributed by atoms with van der Waals surface area (Å²) in [6, 6.07) is 85.0. The van der Waals surface area contributed by atoms with Crippen LogP contribution in [-0.2, 0) is 37.5 Å². The zero-order valence-electron chi connectivity index (χ0n) is 55.4. The van der Waals surface area contributed by atoms with Gasteiger partial charge in [-0.1, -0.05) is 282 Å². The van der Waals surface area contributed by atoms with Crippen LogP contribution in [0.5, 0.6) is 17.2 Å². The second-order valence-corrected chi connectivity index (χ2v) is 21.2. The lowest BCUT2D eigenvalue weighted by atomic mass is 10.2. The molecule has 6 nitrogen and oxygen atoms in total. The third kappa shape index (κ3) is 28.0. The van der Waals surface area contributed by atoms with E-state index >= 15 is 0 Å². The van der Waals surface area contributed by atoms with Crippen LogP contribution in [0.3, 0.4) is 0 Å². The largest absolute Gasteiger partial charge is 0.869 e. The first kappa shape index (κ1) is 83.2. The van der Waals surface area contributed by atoms with E-state index < -0.39 is 0 Å².